The van der Waals surface area contributed by atoms with Gasteiger partial charge in [0.1, 0.15) is 17.8 Å². The van der Waals surface area contributed by atoms with Crippen molar-refractivity contribution in [1.29, 1.82) is 5.26 Å². The molecule has 0 saturated carbocycles. The van der Waals surface area contributed by atoms with Crippen LogP contribution in [0, 0.1) is 11.3 Å². The average Bonchev–Trinajstić information content (AvgIpc) is 2.24. The number of alkyl halides is 3. The largest absolute Gasteiger partial charge is 0.488 e. The molecule has 0 fully saturated rings. The van der Waals surface area contributed by atoms with Crippen molar-refractivity contribution in [2.75, 3.05) is 5.32 Å². The highest BCUT2D eigenvalue weighted by atomic mass is 19.4. The number of anilines is 1. The third kappa shape index (κ3) is 5.73. The quantitative estimate of drug-likeness (QED) is 0.925. The van der Waals surface area contributed by atoms with Crippen LogP contribution in [0.3, 0.4) is 0 Å². The van der Waals surface area contributed by atoms with Gasteiger partial charge in [-0.05, 0) is 32.9 Å². The molecule has 1 aromatic carbocycles. The van der Waals surface area contributed by atoms with E-state index in [1.54, 1.807) is 26.8 Å². The molecule has 1 N–H and O–H groups in total. The van der Waals surface area contributed by atoms with Crippen LogP contribution in [0.25, 0.3) is 0 Å². The van der Waals surface area contributed by atoms with Crippen LogP contribution in [0.4, 0.5) is 18.9 Å². The van der Waals surface area contributed by atoms with Crippen LogP contribution in [0.5, 0.6) is 5.75 Å². The fourth-order valence-corrected chi connectivity index (χ4v) is 1.52. The molecule has 0 saturated heterocycles. The summed E-state index contributed by atoms with van der Waals surface area (Å²) in [6.07, 6.45) is -5.00. The van der Waals surface area contributed by atoms with Crippen molar-refractivity contribution < 1.29 is 22.7 Å². The molecule has 21 heavy (non-hydrogen) atoms. The highest BCUT2D eigenvalue weighted by Gasteiger charge is 2.32. The van der Waals surface area contributed by atoms with Crippen molar-refractivity contribution in [3.63, 3.8) is 0 Å². The van der Waals surface area contributed by atoms with E-state index in [0.29, 0.717) is 0 Å². The van der Waals surface area contributed by atoms with Crippen molar-refractivity contribution in [3.05, 3.63) is 23.8 Å². The molecular weight excluding hydrogens is 285 g/mol. The number of nitrogens with zero attached hydrogens (tertiary/aromatic N) is 1. The summed E-state index contributed by atoms with van der Waals surface area (Å²) in [4.78, 5) is 11.3. The SMILES string of the molecule is CC(C)(C)Oc1cc(NC(=O)CC#N)cc(C(F)(F)F)c1. The summed E-state index contributed by atoms with van der Waals surface area (Å²) in [5, 5.41) is 10.6. The van der Waals surface area contributed by atoms with Gasteiger partial charge in [-0.1, -0.05) is 0 Å². The van der Waals surface area contributed by atoms with E-state index in [-0.39, 0.29) is 11.4 Å². The van der Waals surface area contributed by atoms with Crippen LogP contribution in [0.2, 0.25) is 0 Å². The predicted octanol–water partition coefficient (Wildman–Crippen LogP) is 3.73. The molecule has 0 heterocycles. The molecule has 0 bridgehead atoms. The summed E-state index contributed by atoms with van der Waals surface area (Å²) in [6.45, 7) is 5.09. The van der Waals surface area contributed by atoms with Gasteiger partial charge >= 0.3 is 6.18 Å². The molecule has 114 valence electrons. The molecule has 0 atom stereocenters. The Labute approximate surface area is 120 Å². The van der Waals surface area contributed by atoms with Gasteiger partial charge in [-0.2, -0.15) is 18.4 Å². The van der Waals surface area contributed by atoms with E-state index in [2.05, 4.69) is 5.32 Å². The lowest BCUT2D eigenvalue weighted by molar-refractivity contribution is -0.137. The van der Waals surface area contributed by atoms with Crippen molar-refractivity contribution in [2.24, 2.45) is 0 Å². The molecule has 0 aliphatic carbocycles. The van der Waals surface area contributed by atoms with E-state index in [9.17, 15) is 18.0 Å². The summed E-state index contributed by atoms with van der Waals surface area (Å²) in [6, 6.07) is 4.57. The lowest BCUT2D eigenvalue weighted by atomic mass is 10.1. The Morgan fingerprint density at radius 2 is 1.90 bits per heavy atom. The summed E-state index contributed by atoms with van der Waals surface area (Å²) in [5.41, 5.74) is -1.68. The minimum Gasteiger partial charge on any atom is -0.488 e. The first-order valence-electron chi connectivity index (χ1n) is 6.09. The standard InChI is InChI=1S/C14H15F3N2O2/c1-13(2,3)21-11-7-9(14(15,16)17)6-10(8-11)19-12(20)4-5-18/h6-8H,4H2,1-3H3,(H,19,20). The molecule has 4 nitrogen and oxygen atoms in total. The predicted molar refractivity (Wildman–Crippen MR) is 70.7 cm³/mol. The van der Waals surface area contributed by atoms with Crippen LogP contribution in [-0.2, 0) is 11.0 Å². The number of nitrogens with one attached hydrogen (secondary N) is 1. The van der Waals surface area contributed by atoms with Gasteiger partial charge in [-0.3, -0.25) is 4.79 Å². The van der Waals surface area contributed by atoms with Gasteiger partial charge in [-0.15, -0.1) is 0 Å². The normalized spacial score (nSPS) is 11.7. The average molecular weight is 300 g/mol. The van der Waals surface area contributed by atoms with E-state index in [1.807, 2.05) is 0 Å². The monoisotopic (exact) mass is 300 g/mol. The van der Waals surface area contributed by atoms with Gasteiger partial charge in [0, 0.05) is 11.8 Å². The summed E-state index contributed by atoms with van der Waals surface area (Å²) < 4.78 is 43.9. The van der Waals surface area contributed by atoms with E-state index in [0.717, 1.165) is 12.1 Å². The second kappa shape index (κ2) is 6.04. The third-order valence-electron chi connectivity index (χ3n) is 2.18. The molecule has 7 heteroatoms. The molecule has 0 unspecified atom stereocenters. The number of ether oxygens (including phenoxy) is 1. The minimum absolute atomic E-state index is 0.00965. The number of carbonyl (C=O) groups excluding carboxylic acids is 1. The first-order chi connectivity index (χ1) is 9.51. The number of benzene rings is 1. The van der Waals surface area contributed by atoms with Crippen molar-refractivity contribution >= 4 is 11.6 Å². The molecule has 0 aliphatic rings. The molecule has 0 aromatic heterocycles. The Bertz CT molecular complexity index is 569. The Morgan fingerprint density at radius 3 is 2.38 bits per heavy atom. The van der Waals surface area contributed by atoms with Crippen LogP contribution in [0.15, 0.2) is 18.2 Å². The Balaban J connectivity index is 3.16. The highest BCUT2D eigenvalue weighted by Crippen LogP contribution is 2.35. The Morgan fingerprint density at radius 1 is 1.29 bits per heavy atom. The fourth-order valence-electron chi connectivity index (χ4n) is 1.52. The third-order valence-corrected chi connectivity index (χ3v) is 2.18. The number of carbonyl (C=O) groups is 1. The number of amides is 1. The maximum Gasteiger partial charge on any atom is 0.416 e. The molecule has 1 rings (SSSR count). The molecule has 1 aromatic rings. The smallest absolute Gasteiger partial charge is 0.416 e. The van der Waals surface area contributed by atoms with Gasteiger partial charge in [0.15, 0.2) is 0 Å². The zero-order valence-corrected chi connectivity index (χ0v) is 11.8. The second-order valence-electron chi connectivity index (χ2n) is 5.34. The molecule has 0 radical (unpaired) electrons. The van der Waals surface area contributed by atoms with Gasteiger partial charge in [0.25, 0.3) is 0 Å². The maximum absolute atomic E-state index is 12.8. The zero-order chi connectivity index (χ0) is 16.3. The van der Waals surface area contributed by atoms with E-state index in [1.165, 1.54) is 6.07 Å². The van der Waals surface area contributed by atoms with Gasteiger partial charge in [-0.25, -0.2) is 0 Å². The van der Waals surface area contributed by atoms with Crippen LogP contribution >= 0.6 is 0 Å². The van der Waals surface area contributed by atoms with Gasteiger partial charge in [0.2, 0.25) is 5.91 Å². The van der Waals surface area contributed by atoms with Crippen LogP contribution < -0.4 is 10.1 Å². The lowest BCUT2D eigenvalue weighted by Gasteiger charge is -2.22. The molecule has 0 spiro atoms. The first kappa shape index (κ1) is 16.8. The van der Waals surface area contributed by atoms with Gasteiger partial charge < -0.3 is 10.1 Å². The number of halogens is 3. The van der Waals surface area contributed by atoms with Gasteiger partial charge in [0.05, 0.1) is 11.6 Å². The maximum atomic E-state index is 12.8. The lowest BCUT2D eigenvalue weighted by Crippen LogP contribution is -2.23. The number of nitriles is 1. The summed E-state index contributed by atoms with van der Waals surface area (Å²) >= 11 is 0. The van der Waals surface area contributed by atoms with E-state index >= 15 is 0 Å². The van der Waals surface area contributed by atoms with Crippen molar-refractivity contribution in [2.45, 2.75) is 39.0 Å². The fraction of sp³-hybridized carbons (Fsp3) is 0.429. The summed E-state index contributed by atoms with van der Waals surface area (Å²) in [5.74, 6) is -0.692. The molecule has 0 aliphatic heterocycles. The summed E-state index contributed by atoms with van der Waals surface area (Å²) in [7, 11) is 0. The molecular formula is C14H15F3N2O2. The Hall–Kier alpha value is -2.23. The van der Waals surface area contributed by atoms with E-state index < -0.39 is 29.7 Å². The second-order valence-corrected chi connectivity index (χ2v) is 5.34. The Kier molecular flexibility index (Phi) is 4.84. The number of hydrogen-bond donors (Lipinski definition) is 1. The first-order valence-corrected chi connectivity index (χ1v) is 6.09. The number of rotatable bonds is 3. The zero-order valence-electron chi connectivity index (χ0n) is 11.8. The highest BCUT2D eigenvalue weighted by molar-refractivity contribution is 5.92. The molecule has 1 amide bonds. The van der Waals surface area contributed by atoms with Crippen LogP contribution in [-0.4, -0.2) is 11.5 Å². The van der Waals surface area contributed by atoms with Crippen molar-refractivity contribution in [1.82, 2.24) is 0 Å². The minimum atomic E-state index is -4.56. The van der Waals surface area contributed by atoms with Crippen LogP contribution in [0.1, 0.15) is 32.8 Å². The topological polar surface area (TPSA) is 62.1 Å². The van der Waals surface area contributed by atoms with E-state index in [4.69, 9.17) is 10.00 Å². The van der Waals surface area contributed by atoms with Crippen molar-refractivity contribution in [3.8, 4) is 11.8 Å². The number of hydrogen-bond acceptors (Lipinski definition) is 3.